The first-order chi connectivity index (χ1) is 8.49. The van der Waals surface area contributed by atoms with E-state index in [0.717, 1.165) is 18.4 Å². The second-order valence-corrected chi connectivity index (χ2v) is 5.29. The Labute approximate surface area is 109 Å². The molecular formula is C15H24FNO. The van der Waals surface area contributed by atoms with Crippen molar-refractivity contribution in [3.8, 4) is 0 Å². The van der Waals surface area contributed by atoms with Crippen LogP contribution in [-0.2, 0) is 6.42 Å². The van der Waals surface area contributed by atoms with Gasteiger partial charge in [0.25, 0.3) is 0 Å². The van der Waals surface area contributed by atoms with Gasteiger partial charge in [0.1, 0.15) is 5.82 Å². The van der Waals surface area contributed by atoms with Gasteiger partial charge in [-0.25, -0.2) is 4.39 Å². The summed E-state index contributed by atoms with van der Waals surface area (Å²) in [6.07, 6.45) is 1.49. The first-order valence-electron chi connectivity index (χ1n) is 6.65. The van der Waals surface area contributed by atoms with E-state index in [1.165, 1.54) is 6.07 Å². The highest BCUT2D eigenvalue weighted by atomic mass is 19.1. The smallest absolute Gasteiger partial charge is 0.123 e. The minimum atomic E-state index is -0.304. The van der Waals surface area contributed by atoms with Gasteiger partial charge in [-0.2, -0.15) is 0 Å². The maximum absolute atomic E-state index is 13.0. The Balaban J connectivity index is 2.27. The molecule has 0 spiro atoms. The van der Waals surface area contributed by atoms with Crippen molar-refractivity contribution in [1.29, 1.82) is 0 Å². The lowest BCUT2D eigenvalue weighted by molar-refractivity contribution is 0.120. The Hall–Kier alpha value is -0.930. The van der Waals surface area contributed by atoms with Gasteiger partial charge in [0.05, 0.1) is 6.10 Å². The first kappa shape index (κ1) is 15.1. The number of halogens is 1. The summed E-state index contributed by atoms with van der Waals surface area (Å²) in [6, 6.07) is 7.05. The van der Waals surface area contributed by atoms with Crippen molar-refractivity contribution in [3.05, 3.63) is 35.6 Å². The Morgan fingerprint density at radius 2 is 2.00 bits per heavy atom. The standard InChI is InChI=1S/C15H24FNO/c1-11(2)15(18)10-17-12(3)7-8-13-5-4-6-14(16)9-13/h4-6,9,11-12,15,17-18H,7-8,10H2,1-3H3. The average Bonchev–Trinajstić information content (AvgIpc) is 2.33. The van der Waals surface area contributed by atoms with E-state index in [1.807, 2.05) is 19.9 Å². The van der Waals surface area contributed by atoms with E-state index in [0.29, 0.717) is 12.6 Å². The molecule has 1 aromatic carbocycles. The Kier molecular flexibility index (Phi) is 6.30. The van der Waals surface area contributed by atoms with Crippen LogP contribution in [-0.4, -0.2) is 23.8 Å². The van der Waals surface area contributed by atoms with Gasteiger partial charge in [0.2, 0.25) is 0 Å². The number of benzene rings is 1. The van der Waals surface area contributed by atoms with Gasteiger partial charge in [0.15, 0.2) is 0 Å². The number of hydrogen-bond acceptors (Lipinski definition) is 2. The third-order valence-corrected chi connectivity index (χ3v) is 3.20. The van der Waals surface area contributed by atoms with E-state index in [2.05, 4.69) is 12.2 Å². The third-order valence-electron chi connectivity index (χ3n) is 3.20. The zero-order valence-corrected chi connectivity index (χ0v) is 11.5. The van der Waals surface area contributed by atoms with Gasteiger partial charge in [-0.3, -0.25) is 0 Å². The fraction of sp³-hybridized carbons (Fsp3) is 0.600. The average molecular weight is 253 g/mol. The molecule has 0 radical (unpaired) electrons. The highest BCUT2D eigenvalue weighted by molar-refractivity contribution is 5.16. The number of aryl methyl sites for hydroxylation is 1. The molecule has 0 saturated heterocycles. The summed E-state index contributed by atoms with van der Waals surface area (Å²) < 4.78 is 13.0. The highest BCUT2D eigenvalue weighted by Crippen LogP contribution is 2.08. The monoisotopic (exact) mass is 253 g/mol. The van der Waals surface area contributed by atoms with E-state index >= 15 is 0 Å². The minimum absolute atomic E-state index is 0.177. The van der Waals surface area contributed by atoms with Crippen LogP contribution in [0.3, 0.4) is 0 Å². The molecule has 0 fully saturated rings. The number of hydrogen-bond donors (Lipinski definition) is 2. The molecule has 0 amide bonds. The molecule has 0 aliphatic carbocycles. The van der Waals surface area contributed by atoms with Gasteiger partial charge in [-0.15, -0.1) is 0 Å². The molecule has 2 N–H and O–H groups in total. The maximum Gasteiger partial charge on any atom is 0.123 e. The summed E-state index contributed by atoms with van der Waals surface area (Å²) in [5, 5.41) is 13.0. The summed E-state index contributed by atoms with van der Waals surface area (Å²) in [5.41, 5.74) is 1.02. The molecule has 0 aliphatic rings. The fourth-order valence-corrected chi connectivity index (χ4v) is 1.74. The molecule has 2 unspecified atom stereocenters. The molecule has 18 heavy (non-hydrogen) atoms. The molecule has 102 valence electrons. The molecule has 0 bridgehead atoms. The van der Waals surface area contributed by atoms with Crippen LogP contribution in [0.1, 0.15) is 32.8 Å². The molecular weight excluding hydrogens is 229 g/mol. The summed E-state index contributed by atoms with van der Waals surface area (Å²) in [7, 11) is 0. The predicted molar refractivity (Wildman–Crippen MR) is 73.0 cm³/mol. The first-order valence-corrected chi connectivity index (χ1v) is 6.65. The Bertz CT molecular complexity index is 354. The van der Waals surface area contributed by atoms with Crippen LogP contribution in [0.2, 0.25) is 0 Å². The molecule has 0 saturated carbocycles. The largest absolute Gasteiger partial charge is 0.392 e. The molecule has 3 heteroatoms. The predicted octanol–water partition coefficient (Wildman–Crippen LogP) is 2.75. The quantitative estimate of drug-likeness (QED) is 0.783. The lowest BCUT2D eigenvalue weighted by atomic mass is 10.0. The van der Waals surface area contributed by atoms with E-state index in [1.54, 1.807) is 12.1 Å². The van der Waals surface area contributed by atoms with Crippen LogP contribution in [0.25, 0.3) is 0 Å². The highest BCUT2D eigenvalue weighted by Gasteiger charge is 2.10. The van der Waals surface area contributed by atoms with Gasteiger partial charge in [0, 0.05) is 12.6 Å². The van der Waals surface area contributed by atoms with Gasteiger partial charge in [-0.1, -0.05) is 26.0 Å². The zero-order chi connectivity index (χ0) is 13.5. The van der Waals surface area contributed by atoms with Crippen LogP contribution in [0.5, 0.6) is 0 Å². The molecule has 2 atom stereocenters. The van der Waals surface area contributed by atoms with Crippen molar-refractivity contribution in [2.45, 2.75) is 45.8 Å². The van der Waals surface area contributed by atoms with Crippen LogP contribution < -0.4 is 5.32 Å². The normalized spacial score (nSPS) is 14.8. The fourth-order valence-electron chi connectivity index (χ4n) is 1.74. The lowest BCUT2D eigenvalue weighted by Gasteiger charge is -2.19. The number of nitrogens with one attached hydrogen (secondary N) is 1. The van der Waals surface area contributed by atoms with E-state index in [9.17, 15) is 9.50 Å². The van der Waals surface area contributed by atoms with Crippen molar-refractivity contribution in [3.63, 3.8) is 0 Å². The molecule has 0 aliphatic heterocycles. The van der Waals surface area contributed by atoms with E-state index in [-0.39, 0.29) is 17.8 Å². The summed E-state index contributed by atoms with van der Waals surface area (Å²) in [5.74, 6) is 0.0938. The van der Waals surface area contributed by atoms with Crippen molar-refractivity contribution >= 4 is 0 Å². The SMILES string of the molecule is CC(CCc1cccc(F)c1)NCC(O)C(C)C. The summed E-state index contributed by atoms with van der Waals surface area (Å²) >= 11 is 0. The number of aliphatic hydroxyl groups is 1. The molecule has 2 nitrogen and oxygen atoms in total. The van der Waals surface area contributed by atoms with Crippen molar-refractivity contribution in [1.82, 2.24) is 5.32 Å². The van der Waals surface area contributed by atoms with Crippen molar-refractivity contribution in [2.75, 3.05) is 6.54 Å². The van der Waals surface area contributed by atoms with E-state index in [4.69, 9.17) is 0 Å². The second-order valence-electron chi connectivity index (χ2n) is 5.29. The summed E-state index contributed by atoms with van der Waals surface area (Å²) in [6.45, 7) is 6.71. The Morgan fingerprint density at radius 1 is 1.28 bits per heavy atom. The van der Waals surface area contributed by atoms with Crippen LogP contribution in [0, 0.1) is 11.7 Å². The molecule has 0 heterocycles. The maximum atomic E-state index is 13.0. The molecule has 1 aromatic rings. The van der Waals surface area contributed by atoms with Crippen LogP contribution in [0.4, 0.5) is 4.39 Å². The van der Waals surface area contributed by atoms with E-state index < -0.39 is 0 Å². The second kappa shape index (κ2) is 7.49. The topological polar surface area (TPSA) is 32.3 Å². The molecule has 0 aromatic heterocycles. The Morgan fingerprint density at radius 3 is 2.61 bits per heavy atom. The van der Waals surface area contributed by atoms with Gasteiger partial charge < -0.3 is 10.4 Å². The van der Waals surface area contributed by atoms with Gasteiger partial charge >= 0.3 is 0 Å². The van der Waals surface area contributed by atoms with Crippen LogP contribution >= 0.6 is 0 Å². The number of rotatable bonds is 7. The lowest BCUT2D eigenvalue weighted by Crippen LogP contribution is -2.36. The van der Waals surface area contributed by atoms with Crippen molar-refractivity contribution in [2.24, 2.45) is 5.92 Å². The van der Waals surface area contributed by atoms with Crippen molar-refractivity contribution < 1.29 is 9.50 Å². The summed E-state index contributed by atoms with van der Waals surface area (Å²) in [4.78, 5) is 0. The minimum Gasteiger partial charge on any atom is -0.392 e. The molecule has 1 rings (SSSR count). The number of aliphatic hydroxyl groups excluding tert-OH is 1. The van der Waals surface area contributed by atoms with Crippen LogP contribution in [0.15, 0.2) is 24.3 Å². The third kappa shape index (κ3) is 5.61. The zero-order valence-electron chi connectivity index (χ0n) is 11.5. The van der Waals surface area contributed by atoms with Gasteiger partial charge in [-0.05, 0) is 43.4 Å².